The molecule has 1 aliphatic rings. The average Bonchev–Trinajstić information content (AvgIpc) is 3.07. The third kappa shape index (κ3) is 14.0. The fourth-order valence-electron chi connectivity index (χ4n) is 5.22. The van der Waals surface area contributed by atoms with Gasteiger partial charge in [-0.15, -0.1) is 6.58 Å². The quantitative estimate of drug-likeness (QED) is 0.0575. The summed E-state index contributed by atoms with van der Waals surface area (Å²) in [7, 11) is -0.297. The first-order valence-electron chi connectivity index (χ1n) is 14.9. The molecule has 4 amide bonds. The first-order valence-corrected chi connectivity index (χ1v) is 16.0. The summed E-state index contributed by atoms with van der Waals surface area (Å²) < 4.78 is 19.5. The van der Waals surface area contributed by atoms with Gasteiger partial charge in [0.25, 0.3) is 8.25 Å². The molecule has 0 spiro atoms. The van der Waals surface area contributed by atoms with Crippen LogP contribution in [0.5, 0.6) is 17.2 Å². The number of hydrogen-bond donors (Lipinski definition) is 4. The maximum Gasteiger partial charge on any atom is 1.00 e. The number of phenolic OH excluding ortho intramolecular Hbond substituents is 1. The van der Waals surface area contributed by atoms with Crippen LogP contribution in [-0.4, -0.2) is 78.8 Å². The van der Waals surface area contributed by atoms with E-state index in [0.717, 1.165) is 11.1 Å². The van der Waals surface area contributed by atoms with Gasteiger partial charge < -0.3 is 50.1 Å². The number of urea groups is 1. The van der Waals surface area contributed by atoms with Crippen LogP contribution < -0.4 is 94.3 Å². The molecule has 0 bridgehead atoms. The maximum absolute atomic E-state index is 14.2. The molecule has 0 radical (unpaired) electrons. The number of ether oxygens (including phenoxy) is 2. The summed E-state index contributed by atoms with van der Waals surface area (Å²) >= 11 is 0. The third-order valence-electron chi connectivity index (χ3n) is 7.32. The molecule has 3 aromatic rings. The fraction of sp³-hybridized carbons (Fsp3) is 0.303. The van der Waals surface area contributed by atoms with Crippen molar-refractivity contribution in [2.24, 2.45) is 0 Å². The van der Waals surface area contributed by atoms with E-state index in [1.165, 1.54) is 24.1 Å². The SMILES string of the molecule is C=CCNCC(=O)N1[C@@H](NC(=O)NCc2ccccc2)CN(Cc2cccc(OC)c2OC)C(=O)[C@@H]1Cc1ccc(O)cc1.O=[P+]([O-])[O-].[Na+].[Na+]. The number of carbonyl (C=O) groups excluding carboxylic acids is 3. The Morgan fingerprint density at radius 2 is 1.66 bits per heavy atom. The van der Waals surface area contributed by atoms with Crippen LogP contribution in [0.2, 0.25) is 0 Å². The van der Waals surface area contributed by atoms with Crippen LogP contribution in [-0.2, 0) is 33.7 Å². The largest absolute Gasteiger partial charge is 1.00 e. The number of phenols is 1. The number of amides is 4. The van der Waals surface area contributed by atoms with Gasteiger partial charge in [0.15, 0.2) is 11.5 Å². The molecule has 1 saturated heterocycles. The van der Waals surface area contributed by atoms with Crippen LogP contribution in [0.15, 0.2) is 85.5 Å². The van der Waals surface area contributed by atoms with Crippen molar-refractivity contribution in [2.75, 3.05) is 33.9 Å². The molecule has 0 aliphatic carbocycles. The van der Waals surface area contributed by atoms with E-state index in [9.17, 15) is 19.5 Å². The van der Waals surface area contributed by atoms with Crippen LogP contribution in [0.1, 0.15) is 16.7 Å². The Bertz CT molecular complexity index is 1550. The Balaban J connectivity index is 0.00000197. The van der Waals surface area contributed by atoms with E-state index >= 15 is 0 Å². The van der Waals surface area contributed by atoms with Gasteiger partial charge in [-0.1, -0.05) is 65.2 Å². The first-order chi connectivity index (χ1) is 23.1. The molecule has 50 heavy (non-hydrogen) atoms. The van der Waals surface area contributed by atoms with Crippen molar-refractivity contribution < 1.29 is 102 Å². The number of methoxy groups -OCH3 is 2. The number of hydrogen-bond acceptors (Lipinski definition) is 10. The molecule has 0 saturated carbocycles. The third-order valence-corrected chi connectivity index (χ3v) is 7.32. The van der Waals surface area contributed by atoms with Gasteiger partial charge in [0, 0.05) is 31.6 Å². The van der Waals surface area contributed by atoms with Crippen molar-refractivity contribution in [1.29, 1.82) is 0 Å². The zero-order valence-corrected chi connectivity index (χ0v) is 33.6. The number of aromatic hydroxyl groups is 1. The maximum atomic E-state index is 14.2. The summed E-state index contributed by atoms with van der Waals surface area (Å²) in [6.07, 6.45) is 0.959. The van der Waals surface area contributed by atoms with E-state index < -0.39 is 26.5 Å². The van der Waals surface area contributed by atoms with Crippen LogP contribution in [0.4, 0.5) is 4.79 Å². The van der Waals surface area contributed by atoms with Crippen molar-refractivity contribution in [2.45, 2.75) is 31.7 Å². The summed E-state index contributed by atoms with van der Waals surface area (Å²) in [6, 6.07) is 20.0. The van der Waals surface area contributed by atoms with Crippen molar-refractivity contribution in [3.8, 4) is 17.2 Å². The van der Waals surface area contributed by atoms with Gasteiger partial charge in [-0.3, -0.25) is 9.59 Å². The average molecular weight is 727 g/mol. The number of para-hydroxylation sites is 1. The van der Waals surface area contributed by atoms with Gasteiger partial charge in [-0.05, 0) is 29.3 Å². The van der Waals surface area contributed by atoms with E-state index in [4.69, 9.17) is 23.8 Å². The Hall–Kier alpha value is -3.01. The number of rotatable bonds is 13. The predicted octanol–water partition coefficient (Wildman–Crippen LogP) is -4.83. The molecule has 1 fully saturated rings. The smallest absolute Gasteiger partial charge is 0.598 e. The van der Waals surface area contributed by atoms with Crippen molar-refractivity contribution >= 4 is 26.1 Å². The first kappa shape index (κ1) is 45.0. The van der Waals surface area contributed by atoms with E-state index in [0.29, 0.717) is 23.6 Å². The second kappa shape index (κ2) is 23.5. The summed E-state index contributed by atoms with van der Waals surface area (Å²) in [5, 5.41) is 18.6. The molecule has 1 aliphatic heterocycles. The van der Waals surface area contributed by atoms with Crippen molar-refractivity contribution in [3.05, 3.63) is 102 Å². The van der Waals surface area contributed by atoms with Gasteiger partial charge in [0.2, 0.25) is 11.8 Å². The van der Waals surface area contributed by atoms with Crippen LogP contribution in [0, 0.1) is 0 Å². The number of benzene rings is 3. The molecule has 4 N–H and O–H groups in total. The topological polar surface area (TPSA) is 196 Å². The van der Waals surface area contributed by atoms with Gasteiger partial charge in [-0.2, -0.15) is 0 Å². The van der Waals surface area contributed by atoms with Crippen molar-refractivity contribution in [3.63, 3.8) is 0 Å². The summed E-state index contributed by atoms with van der Waals surface area (Å²) in [4.78, 5) is 61.1. The van der Waals surface area contributed by atoms with E-state index in [-0.39, 0.29) is 109 Å². The fourth-order valence-corrected chi connectivity index (χ4v) is 5.22. The number of nitrogens with zero attached hydrogens (tertiary/aromatic N) is 2. The minimum absolute atomic E-state index is 0. The van der Waals surface area contributed by atoms with E-state index in [2.05, 4.69) is 22.5 Å². The molecular weight excluding hydrogens is 687 g/mol. The number of piperazine rings is 1. The summed E-state index contributed by atoms with van der Waals surface area (Å²) in [5.41, 5.74) is 2.37. The van der Waals surface area contributed by atoms with Gasteiger partial charge in [-0.25, -0.2) is 4.79 Å². The molecular formula is C33H39N5Na2O9P+. The Labute approximate surface area is 336 Å². The second-order valence-corrected chi connectivity index (χ2v) is 11.0. The second-order valence-electron chi connectivity index (χ2n) is 10.5. The zero-order chi connectivity index (χ0) is 35.1. The monoisotopic (exact) mass is 726 g/mol. The minimum atomic E-state index is -3.37. The molecule has 1 heterocycles. The number of nitrogens with one attached hydrogen (secondary N) is 3. The van der Waals surface area contributed by atoms with Gasteiger partial charge >= 0.3 is 65.1 Å². The molecule has 0 aromatic heterocycles. The minimum Gasteiger partial charge on any atom is -0.598 e. The molecule has 17 heteroatoms. The van der Waals surface area contributed by atoms with Crippen LogP contribution in [0.25, 0.3) is 0 Å². The molecule has 0 unspecified atom stereocenters. The molecule has 4 rings (SSSR count). The van der Waals surface area contributed by atoms with E-state index in [1.54, 1.807) is 36.3 Å². The molecule has 256 valence electrons. The predicted molar refractivity (Wildman–Crippen MR) is 174 cm³/mol. The Morgan fingerprint density at radius 3 is 2.26 bits per heavy atom. The molecule has 3 aromatic carbocycles. The van der Waals surface area contributed by atoms with Crippen LogP contribution in [0.3, 0.4) is 0 Å². The summed E-state index contributed by atoms with van der Waals surface area (Å²) in [5.74, 6) is 0.468. The standard InChI is InChI=1S/C33H39N5O6.2Na.HO3P/c1-4-17-34-20-30(40)38-27(18-23-13-15-26(39)16-14-23)32(41)37(21-25-11-8-12-28(43-2)31(25)44-3)22-29(38)36-33(42)35-19-24-9-6-5-7-10-24;;;1-4(2)3/h4-16,27,29,34,39H,1,17-22H2,2-3H3,(H2,35,36,42);;;(H,1,2,3)/q;2*+1;/p-1/t27-,29+;;;/m0.../s1. The van der Waals surface area contributed by atoms with Crippen LogP contribution >= 0.6 is 8.25 Å². The Morgan fingerprint density at radius 1 is 1.00 bits per heavy atom. The number of carbonyl (C=O) groups is 3. The van der Waals surface area contributed by atoms with E-state index in [1.807, 2.05) is 42.5 Å². The molecule has 2 atom stereocenters. The summed E-state index contributed by atoms with van der Waals surface area (Å²) in [6.45, 7) is 4.51. The normalized spacial score (nSPS) is 14.8. The van der Waals surface area contributed by atoms with Gasteiger partial charge in [0.05, 0.1) is 27.3 Å². The van der Waals surface area contributed by atoms with Gasteiger partial charge in [0.1, 0.15) is 18.0 Å². The molecule has 14 nitrogen and oxygen atoms in total. The Kier molecular flexibility index (Phi) is 21.1. The zero-order valence-electron chi connectivity index (χ0n) is 28.7. The van der Waals surface area contributed by atoms with Crippen molar-refractivity contribution in [1.82, 2.24) is 25.8 Å².